The first kappa shape index (κ1) is 18.0. The number of hydrogen-bond donors (Lipinski definition) is 2. The van der Waals surface area contributed by atoms with Crippen LogP contribution in [0.5, 0.6) is 0 Å². The number of rotatable bonds is 6. The summed E-state index contributed by atoms with van der Waals surface area (Å²) in [5.74, 6) is 0.0782. The number of amides is 1. The smallest absolute Gasteiger partial charge is 0.221 e. The SMILES string of the molecule is Cc1ccc(C2(O)CCN(CCC(=O)NCc3cccs3)CC2)nc1. The molecule has 3 heterocycles. The fourth-order valence-corrected chi connectivity index (χ4v) is 3.74. The van der Waals surface area contributed by atoms with Gasteiger partial charge in [-0.25, -0.2) is 0 Å². The van der Waals surface area contributed by atoms with Crippen LogP contribution in [0.4, 0.5) is 0 Å². The first-order valence-electron chi connectivity index (χ1n) is 8.72. The maximum atomic E-state index is 12.0. The molecule has 5 nitrogen and oxygen atoms in total. The molecule has 2 aromatic heterocycles. The van der Waals surface area contributed by atoms with E-state index in [-0.39, 0.29) is 5.91 Å². The molecule has 1 amide bonds. The van der Waals surface area contributed by atoms with E-state index in [0.717, 1.165) is 30.9 Å². The van der Waals surface area contributed by atoms with Gasteiger partial charge in [-0.05, 0) is 42.8 Å². The first-order valence-corrected chi connectivity index (χ1v) is 9.60. The van der Waals surface area contributed by atoms with Crippen LogP contribution in [0.15, 0.2) is 35.8 Å². The minimum absolute atomic E-state index is 0.0782. The van der Waals surface area contributed by atoms with Crippen molar-refractivity contribution in [2.24, 2.45) is 0 Å². The Bertz CT molecular complexity index is 677. The third-order valence-electron chi connectivity index (χ3n) is 4.77. The number of carbonyl (C=O) groups excluding carboxylic acids is 1. The van der Waals surface area contributed by atoms with E-state index >= 15 is 0 Å². The van der Waals surface area contributed by atoms with E-state index in [1.54, 1.807) is 17.5 Å². The normalized spacial score (nSPS) is 17.4. The highest BCUT2D eigenvalue weighted by molar-refractivity contribution is 7.09. The molecule has 0 bridgehead atoms. The monoisotopic (exact) mass is 359 g/mol. The van der Waals surface area contributed by atoms with E-state index in [4.69, 9.17) is 0 Å². The summed E-state index contributed by atoms with van der Waals surface area (Å²) in [6.45, 7) is 4.89. The number of nitrogens with zero attached hydrogens (tertiary/aromatic N) is 2. The van der Waals surface area contributed by atoms with Gasteiger partial charge >= 0.3 is 0 Å². The predicted octanol–water partition coefficient (Wildman–Crippen LogP) is 2.44. The number of thiophene rings is 1. The molecule has 0 aliphatic carbocycles. The van der Waals surface area contributed by atoms with Gasteiger partial charge < -0.3 is 15.3 Å². The van der Waals surface area contributed by atoms with Crippen molar-refractivity contribution in [1.82, 2.24) is 15.2 Å². The van der Waals surface area contributed by atoms with Crippen molar-refractivity contribution in [2.45, 2.75) is 38.3 Å². The second-order valence-electron chi connectivity index (χ2n) is 6.70. The van der Waals surface area contributed by atoms with Crippen molar-refractivity contribution in [3.63, 3.8) is 0 Å². The molecule has 1 aliphatic heterocycles. The molecular weight excluding hydrogens is 334 g/mol. The summed E-state index contributed by atoms with van der Waals surface area (Å²) in [7, 11) is 0. The average molecular weight is 359 g/mol. The molecule has 2 aromatic rings. The van der Waals surface area contributed by atoms with Crippen LogP contribution in [-0.4, -0.2) is 40.5 Å². The lowest BCUT2D eigenvalue weighted by Crippen LogP contribution is -2.44. The molecule has 25 heavy (non-hydrogen) atoms. The minimum atomic E-state index is -0.842. The summed E-state index contributed by atoms with van der Waals surface area (Å²) < 4.78 is 0. The largest absolute Gasteiger partial charge is 0.383 e. The Morgan fingerprint density at radius 3 is 2.80 bits per heavy atom. The molecule has 0 unspecified atom stereocenters. The number of likely N-dealkylation sites (tertiary alicyclic amines) is 1. The number of nitrogens with one attached hydrogen (secondary N) is 1. The quantitative estimate of drug-likeness (QED) is 0.831. The molecule has 1 aliphatic rings. The third-order valence-corrected chi connectivity index (χ3v) is 5.64. The fourth-order valence-electron chi connectivity index (χ4n) is 3.09. The second kappa shape index (κ2) is 8.08. The van der Waals surface area contributed by atoms with Crippen molar-refractivity contribution in [1.29, 1.82) is 0 Å². The summed E-state index contributed by atoms with van der Waals surface area (Å²) in [5.41, 5.74) is 1.01. The van der Waals surface area contributed by atoms with Crippen LogP contribution >= 0.6 is 11.3 Å². The van der Waals surface area contributed by atoms with Gasteiger partial charge in [0.05, 0.1) is 12.2 Å². The van der Waals surface area contributed by atoms with Gasteiger partial charge in [0.1, 0.15) is 5.60 Å². The molecular formula is C19H25N3O2S. The van der Waals surface area contributed by atoms with Gasteiger partial charge in [0, 0.05) is 37.1 Å². The Labute approximate surface area is 152 Å². The van der Waals surface area contributed by atoms with Gasteiger partial charge in [-0.3, -0.25) is 9.78 Å². The lowest BCUT2D eigenvalue weighted by Gasteiger charge is -2.37. The van der Waals surface area contributed by atoms with Gasteiger partial charge in [-0.15, -0.1) is 11.3 Å². The molecule has 0 atom stereocenters. The zero-order chi connectivity index (χ0) is 17.7. The maximum Gasteiger partial charge on any atom is 0.221 e. The van der Waals surface area contributed by atoms with Gasteiger partial charge in [0.15, 0.2) is 0 Å². The van der Waals surface area contributed by atoms with Crippen molar-refractivity contribution in [2.75, 3.05) is 19.6 Å². The Morgan fingerprint density at radius 2 is 2.16 bits per heavy atom. The van der Waals surface area contributed by atoms with E-state index in [0.29, 0.717) is 25.8 Å². The first-order chi connectivity index (χ1) is 12.0. The van der Waals surface area contributed by atoms with Crippen LogP contribution in [0.1, 0.15) is 35.4 Å². The summed E-state index contributed by atoms with van der Waals surface area (Å²) in [6.07, 6.45) is 3.60. The topological polar surface area (TPSA) is 65.5 Å². The van der Waals surface area contributed by atoms with Crippen molar-refractivity contribution < 1.29 is 9.90 Å². The minimum Gasteiger partial charge on any atom is -0.383 e. The van der Waals surface area contributed by atoms with Gasteiger partial charge in [-0.2, -0.15) is 0 Å². The van der Waals surface area contributed by atoms with Crippen molar-refractivity contribution in [3.8, 4) is 0 Å². The summed E-state index contributed by atoms with van der Waals surface area (Å²) in [5, 5.41) is 15.8. The van der Waals surface area contributed by atoms with Crippen molar-refractivity contribution in [3.05, 3.63) is 52.0 Å². The summed E-state index contributed by atoms with van der Waals surface area (Å²) in [4.78, 5) is 19.8. The third kappa shape index (κ3) is 4.87. The van der Waals surface area contributed by atoms with E-state index in [1.165, 1.54) is 4.88 Å². The standard InChI is InChI=1S/C19H25N3O2S/c1-15-4-5-17(20-13-15)19(24)7-10-22(11-8-19)9-6-18(23)21-14-16-3-2-12-25-16/h2-5,12-13,24H,6-11,14H2,1H3,(H,21,23). The number of pyridine rings is 1. The lowest BCUT2D eigenvalue weighted by atomic mass is 9.87. The Morgan fingerprint density at radius 1 is 1.36 bits per heavy atom. The fraction of sp³-hybridized carbons (Fsp3) is 0.474. The van der Waals surface area contributed by atoms with Crippen LogP contribution in [0.2, 0.25) is 0 Å². The van der Waals surface area contributed by atoms with E-state index in [1.807, 2.05) is 36.6 Å². The number of aromatic nitrogens is 1. The number of carbonyl (C=O) groups is 1. The molecule has 0 radical (unpaired) electrons. The molecule has 3 rings (SSSR count). The molecule has 6 heteroatoms. The van der Waals surface area contributed by atoms with Crippen LogP contribution in [0.25, 0.3) is 0 Å². The summed E-state index contributed by atoms with van der Waals surface area (Å²) >= 11 is 1.65. The second-order valence-corrected chi connectivity index (χ2v) is 7.73. The van der Waals surface area contributed by atoms with Gasteiger partial charge in [-0.1, -0.05) is 12.1 Å². The Kier molecular flexibility index (Phi) is 5.83. The van der Waals surface area contributed by atoms with E-state index < -0.39 is 5.60 Å². The zero-order valence-electron chi connectivity index (χ0n) is 14.6. The highest BCUT2D eigenvalue weighted by Crippen LogP contribution is 2.31. The van der Waals surface area contributed by atoms with Crippen LogP contribution in [-0.2, 0) is 16.9 Å². The van der Waals surface area contributed by atoms with Gasteiger partial charge in [0.25, 0.3) is 0 Å². The predicted molar refractivity (Wildman–Crippen MR) is 99.3 cm³/mol. The van der Waals surface area contributed by atoms with Crippen molar-refractivity contribution >= 4 is 17.2 Å². The highest BCUT2D eigenvalue weighted by atomic mass is 32.1. The molecule has 0 saturated carbocycles. The highest BCUT2D eigenvalue weighted by Gasteiger charge is 2.35. The maximum absolute atomic E-state index is 12.0. The summed E-state index contributed by atoms with van der Waals surface area (Å²) in [6, 6.07) is 7.92. The Balaban J connectivity index is 1.41. The van der Waals surface area contributed by atoms with Crippen LogP contribution < -0.4 is 5.32 Å². The average Bonchev–Trinajstić information content (AvgIpc) is 3.13. The number of hydrogen-bond acceptors (Lipinski definition) is 5. The number of aliphatic hydroxyl groups is 1. The molecule has 0 aromatic carbocycles. The number of piperidine rings is 1. The molecule has 1 saturated heterocycles. The zero-order valence-corrected chi connectivity index (χ0v) is 15.4. The van der Waals surface area contributed by atoms with Crippen LogP contribution in [0, 0.1) is 6.92 Å². The van der Waals surface area contributed by atoms with Crippen LogP contribution in [0.3, 0.4) is 0 Å². The van der Waals surface area contributed by atoms with E-state index in [9.17, 15) is 9.90 Å². The molecule has 1 fully saturated rings. The lowest BCUT2D eigenvalue weighted by molar-refractivity contribution is -0.121. The molecule has 2 N–H and O–H groups in total. The number of aryl methyl sites for hydroxylation is 1. The Hall–Kier alpha value is -1.76. The molecule has 134 valence electrons. The molecule has 0 spiro atoms. The van der Waals surface area contributed by atoms with E-state index in [2.05, 4.69) is 15.2 Å². The van der Waals surface area contributed by atoms with Gasteiger partial charge in [0.2, 0.25) is 5.91 Å².